The molecule has 150 valence electrons. The van der Waals surface area contributed by atoms with Crippen molar-refractivity contribution < 1.29 is 14.4 Å². The van der Waals surface area contributed by atoms with Gasteiger partial charge in [-0.15, -0.1) is 0 Å². The first-order valence-electron chi connectivity index (χ1n) is 11.1. The van der Waals surface area contributed by atoms with Crippen LogP contribution in [0.25, 0.3) is 0 Å². The Morgan fingerprint density at radius 2 is 0.960 bits per heavy atom. The second-order valence-corrected chi connectivity index (χ2v) is 7.89. The van der Waals surface area contributed by atoms with Crippen LogP contribution < -0.4 is 5.11 Å². The molecule has 25 heavy (non-hydrogen) atoms. The molecule has 0 aliphatic rings. The molecule has 0 aromatic carbocycles. The Morgan fingerprint density at radius 3 is 1.36 bits per heavy atom. The second-order valence-electron chi connectivity index (χ2n) is 7.89. The molecule has 0 spiro atoms. The van der Waals surface area contributed by atoms with Crippen molar-refractivity contribution in [3.8, 4) is 0 Å². The van der Waals surface area contributed by atoms with E-state index in [9.17, 15) is 9.90 Å². The van der Waals surface area contributed by atoms with Crippen molar-refractivity contribution in [3.63, 3.8) is 0 Å². The first-order chi connectivity index (χ1) is 12.1. The Labute approximate surface area is 157 Å². The molecule has 0 fully saturated rings. The maximum Gasteiger partial charge on any atom is 0.0786 e. The van der Waals surface area contributed by atoms with Crippen molar-refractivity contribution in [3.05, 3.63) is 0 Å². The van der Waals surface area contributed by atoms with Crippen LogP contribution in [0.5, 0.6) is 0 Å². The highest BCUT2D eigenvalue weighted by Gasteiger charge is 2.24. The summed E-state index contributed by atoms with van der Waals surface area (Å²) < 4.78 is 1.36. The Balaban J connectivity index is 4.07. The lowest BCUT2D eigenvalue weighted by Gasteiger charge is -2.39. The minimum Gasteiger partial charge on any atom is -0.550 e. The topological polar surface area (TPSA) is 40.1 Å². The van der Waals surface area contributed by atoms with Crippen LogP contribution >= 0.6 is 0 Å². The first-order valence-corrected chi connectivity index (χ1v) is 11.1. The van der Waals surface area contributed by atoms with Gasteiger partial charge < -0.3 is 14.4 Å². The number of nitrogens with zero attached hydrogens (tertiary/aromatic N) is 1. The third kappa shape index (κ3) is 14.3. The summed E-state index contributed by atoms with van der Waals surface area (Å²) in [5, 5.41) is 10.4. The van der Waals surface area contributed by atoms with E-state index < -0.39 is 5.97 Å². The maximum atomic E-state index is 10.4. The summed E-state index contributed by atoms with van der Waals surface area (Å²) in [6, 6.07) is 0. The van der Waals surface area contributed by atoms with Crippen LogP contribution in [0.1, 0.15) is 111 Å². The number of carboxylic acid groups (broad SMARTS) is 1. The monoisotopic (exact) mass is 355 g/mol. The third-order valence-corrected chi connectivity index (χ3v) is 5.47. The van der Waals surface area contributed by atoms with E-state index >= 15 is 0 Å². The molecule has 0 aliphatic carbocycles. The van der Waals surface area contributed by atoms with Gasteiger partial charge >= 0.3 is 0 Å². The number of carbonyl (C=O) groups excluding carboxylic acids is 1. The lowest BCUT2D eigenvalue weighted by Crippen LogP contribution is -2.50. The van der Waals surface area contributed by atoms with E-state index in [2.05, 4.69) is 20.8 Å². The number of quaternary nitrogens is 1. The molecule has 0 bridgehead atoms. The molecular formula is C22H45NO2. The lowest BCUT2D eigenvalue weighted by molar-refractivity contribution is -0.929. The Kier molecular flexibility index (Phi) is 16.5. The van der Waals surface area contributed by atoms with E-state index in [-0.39, 0.29) is 6.42 Å². The summed E-state index contributed by atoms with van der Waals surface area (Å²) in [7, 11) is 0. The van der Waals surface area contributed by atoms with Crippen molar-refractivity contribution in [2.75, 3.05) is 26.2 Å². The predicted molar refractivity (Wildman–Crippen MR) is 106 cm³/mol. The van der Waals surface area contributed by atoms with Crippen LogP contribution in [-0.4, -0.2) is 36.6 Å². The zero-order valence-electron chi connectivity index (χ0n) is 17.5. The van der Waals surface area contributed by atoms with Gasteiger partial charge in [0.05, 0.1) is 26.2 Å². The highest BCUT2D eigenvalue weighted by atomic mass is 16.4. The van der Waals surface area contributed by atoms with Crippen LogP contribution in [0.15, 0.2) is 0 Å². The van der Waals surface area contributed by atoms with Gasteiger partial charge in [-0.05, 0) is 44.9 Å². The number of carbonyl (C=O) groups is 1. The number of hydrogen-bond donors (Lipinski definition) is 0. The van der Waals surface area contributed by atoms with Gasteiger partial charge in [-0.3, -0.25) is 0 Å². The highest BCUT2D eigenvalue weighted by Crippen LogP contribution is 2.18. The molecule has 0 aromatic heterocycles. The minimum atomic E-state index is -0.902. The largest absolute Gasteiger partial charge is 0.550 e. The molecule has 3 nitrogen and oxygen atoms in total. The van der Waals surface area contributed by atoms with Crippen molar-refractivity contribution in [1.29, 1.82) is 0 Å². The van der Waals surface area contributed by atoms with Gasteiger partial charge in [0.2, 0.25) is 0 Å². The number of carboxylic acids is 1. The normalized spacial score (nSPS) is 11.8. The number of unbranched alkanes of at least 4 members (excludes halogenated alkanes) is 9. The van der Waals surface area contributed by atoms with Gasteiger partial charge in [0.15, 0.2) is 0 Å². The molecule has 0 unspecified atom stereocenters. The molecule has 0 rings (SSSR count). The van der Waals surface area contributed by atoms with Crippen LogP contribution in [0.3, 0.4) is 0 Å². The smallest absolute Gasteiger partial charge is 0.0786 e. The predicted octanol–water partition coefficient (Wildman–Crippen LogP) is 5.07. The van der Waals surface area contributed by atoms with Crippen LogP contribution in [0.2, 0.25) is 0 Å². The van der Waals surface area contributed by atoms with Crippen LogP contribution in [0.4, 0.5) is 0 Å². The summed E-state index contributed by atoms with van der Waals surface area (Å²) in [5.41, 5.74) is 0. The fourth-order valence-electron chi connectivity index (χ4n) is 3.75. The standard InChI is InChI=1S/C22H45NO2/c1-4-7-18-23(19-8-5-2,20-9-6-3)21-16-14-12-10-11-13-15-17-22(24)25/h4-21H2,1-3H3. The van der Waals surface area contributed by atoms with E-state index in [0.717, 1.165) is 12.8 Å². The summed E-state index contributed by atoms with van der Waals surface area (Å²) in [6.07, 6.45) is 16.5. The van der Waals surface area contributed by atoms with E-state index in [1.165, 1.54) is 101 Å². The van der Waals surface area contributed by atoms with E-state index in [4.69, 9.17) is 0 Å². The molecule has 0 radical (unpaired) electrons. The molecule has 0 aliphatic heterocycles. The maximum absolute atomic E-state index is 10.4. The van der Waals surface area contributed by atoms with E-state index in [1.54, 1.807) is 0 Å². The number of aliphatic carboxylic acids is 1. The number of rotatable bonds is 19. The number of hydrogen-bond acceptors (Lipinski definition) is 2. The second kappa shape index (κ2) is 16.9. The lowest BCUT2D eigenvalue weighted by atomic mass is 10.1. The van der Waals surface area contributed by atoms with Crippen LogP contribution in [0, 0.1) is 0 Å². The van der Waals surface area contributed by atoms with Crippen molar-refractivity contribution >= 4 is 5.97 Å². The quantitative estimate of drug-likeness (QED) is 0.240. The van der Waals surface area contributed by atoms with Crippen LogP contribution in [-0.2, 0) is 4.79 Å². The minimum absolute atomic E-state index is 0.228. The molecule has 0 N–H and O–H groups in total. The van der Waals surface area contributed by atoms with Crippen molar-refractivity contribution in [2.45, 2.75) is 111 Å². The summed E-state index contributed by atoms with van der Waals surface area (Å²) in [5.74, 6) is -0.902. The molecular weight excluding hydrogens is 310 g/mol. The average Bonchev–Trinajstić information content (AvgIpc) is 2.60. The molecule has 0 saturated heterocycles. The molecule has 0 aromatic rings. The highest BCUT2D eigenvalue weighted by molar-refractivity contribution is 5.63. The fourth-order valence-corrected chi connectivity index (χ4v) is 3.75. The third-order valence-electron chi connectivity index (χ3n) is 5.47. The summed E-state index contributed by atoms with van der Waals surface area (Å²) >= 11 is 0. The van der Waals surface area contributed by atoms with Crippen molar-refractivity contribution in [2.24, 2.45) is 0 Å². The summed E-state index contributed by atoms with van der Waals surface area (Å²) in [4.78, 5) is 10.4. The Morgan fingerprint density at radius 1 is 0.600 bits per heavy atom. The Bertz CT molecular complexity index is 283. The Hall–Kier alpha value is -0.570. The average molecular weight is 356 g/mol. The van der Waals surface area contributed by atoms with Crippen molar-refractivity contribution in [1.82, 2.24) is 0 Å². The van der Waals surface area contributed by atoms with Gasteiger partial charge in [-0.25, -0.2) is 0 Å². The first kappa shape index (κ1) is 24.4. The zero-order chi connectivity index (χ0) is 18.8. The van der Waals surface area contributed by atoms with Gasteiger partial charge in [-0.2, -0.15) is 0 Å². The van der Waals surface area contributed by atoms with Gasteiger partial charge in [0, 0.05) is 5.97 Å². The van der Waals surface area contributed by atoms with Gasteiger partial charge in [-0.1, -0.05) is 65.7 Å². The van der Waals surface area contributed by atoms with E-state index in [1.807, 2.05) is 0 Å². The van der Waals surface area contributed by atoms with Gasteiger partial charge in [0.1, 0.15) is 0 Å². The van der Waals surface area contributed by atoms with Gasteiger partial charge in [0.25, 0.3) is 0 Å². The molecule has 3 heteroatoms. The molecule has 0 heterocycles. The fraction of sp³-hybridized carbons (Fsp3) is 0.955. The summed E-state index contributed by atoms with van der Waals surface area (Å²) in [6.45, 7) is 12.4. The zero-order valence-corrected chi connectivity index (χ0v) is 17.5. The van der Waals surface area contributed by atoms with E-state index in [0.29, 0.717) is 0 Å². The molecule has 0 amide bonds. The molecule has 0 atom stereocenters. The molecule has 0 saturated carbocycles. The SMILES string of the molecule is CCCC[N+](CCCC)(CCCC)CCCCCCCCCC(=O)[O-].